The Morgan fingerprint density at radius 3 is 0.778 bits per heavy atom. The Bertz CT molecular complexity index is 2200. The van der Waals surface area contributed by atoms with Gasteiger partial charge in [-0.05, 0) is 72.8 Å². The van der Waals surface area contributed by atoms with E-state index in [2.05, 4.69) is 110 Å². The molecule has 3 aromatic heterocycles. The van der Waals surface area contributed by atoms with Crippen molar-refractivity contribution < 1.29 is 14.4 Å². The normalized spacial score (nSPS) is 11.3. The molecule has 15 nitrogen and oxygen atoms in total. The number of nitrogens with zero attached hydrogens (tertiary/aromatic N) is 6. The molecule has 3 aromatic carbocycles. The number of nitrogens with one attached hydrogen (secondary N) is 6. The van der Waals surface area contributed by atoms with Crippen LogP contribution in [0.25, 0.3) is 0 Å². The summed E-state index contributed by atoms with van der Waals surface area (Å²) in [5.74, 6) is 1.93. The van der Waals surface area contributed by atoms with E-state index in [0.29, 0.717) is 49.6 Å². The number of carbonyl (C=O) groups excluding carboxylic acids is 3. The topological polar surface area (TPSA) is 177 Å². The van der Waals surface area contributed by atoms with Crippen LogP contribution in [0.15, 0.2) is 91.0 Å². The highest BCUT2D eigenvalue weighted by molar-refractivity contribution is 6.31. The number of carbonyl (C=O) groups is 3. The van der Waals surface area contributed by atoms with E-state index in [4.69, 9.17) is 34.8 Å². The standard InChI is InChI=1S/3C15H19ClN4O/c3*1-15(2,3)12-9-13(20(4)19-12)18-14(21)17-11-7-5-10(16)6-8-11/h3*5-9H,1-4H3,(H2,17,18,21). The number of urea groups is 3. The largest absolute Gasteiger partial charge is 0.324 e. The number of halogens is 3. The molecule has 6 rings (SSSR count). The summed E-state index contributed by atoms with van der Waals surface area (Å²) in [5.41, 5.74) is 4.60. The highest BCUT2D eigenvalue weighted by atomic mass is 35.5. The zero-order valence-electron chi connectivity index (χ0n) is 37.7. The van der Waals surface area contributed by atoms with E-state index >= 15 is 0 Å². The first-order chi connectivity index (χ1) is 29.3. The van der Waals surface area contributed by atoms with Crippen LogP contribution in [0.3, 0.4) is 0 Å². The Hall–Kier alpha value is -6.03. The van der Waals surface area contributed by atoms with Crippen LogP contribution in [0.4, 0.5) is 48.9 Å². The molecule has 0 aliphatic carbocycles. The first kappa shape index (κ1) is 49.6. The SMILES string of the molecule is Cn1nc(C(C)(C)C)cc1NC(=O)Nc1ccc(Cl)cc1.Cn1nc(C(C)(C)C)cc1NC(=O)Nc1ccc(Cl)cc1.Cn1nc(C(C)(C)C)cc1NC(=O)Nc1ccc(Cl)cc1. The van der Waals surface area contributed by atoms with E-state index in [1.165, 1.54) is 0 Å². The summed E-state index contributed by atoms with van der Waals surface area (Å²) in [6, 6.07) is 25.5. The van der Waals surface area contributed by atoms with Crippen LogP contribution in [-0.2, 0) is 37.4 Å². The van der Waals surface area contributed by atoms with Crippen LogP contribution in [0.2, 0.25) is 15.1 Å². The summed E-state index contributed by atoms with van der Waals surface area (Å²) in [6.07, 6.45) is 0. The Morgan fingerprint density at radius 2 is 0.603 bits per heavy atom. The third-order valence-electron chi connectivity index (χ3n) is 8.98. The van der Waals surface area contributed by atoms with Gasteiger partial charge in [-0.15, -0.1) is 0 Å². The van der Waals surface area contributed by atoms with Crippen LogP contribution in [0.1, 0.15) is 79.4 Å². The molecule has 0 atom stereocenters. The van der Waals surface area contributed by atoms with E-state index in [1.807, 2.05) is 18.2 Å². The molecule has 0 aliphatic rings. The molecule has 0 fully saturated rings. The van der Waals surface area contributed by atoms with Crippen molar-refractivity contribution in [3.8, 4) is 0 Å². The fourth-order valence-corrected chi connectivity index (χ4v) is 5.67. The lowest BCUT2D eigenvalue weighted by Gasteiger charge is -2.13. The molecule has 0 spiro atoms. The molecule has 3 heterocycles. The first-order valence-corrected chi connectivity index (χ1v) is 21.0. The molecule has 6 N–H and O–H groups in total. The summed E-state index contributed by atoms with van der Waals surface area (Å²) in [7, 11) is 5.40. The smallest absolute Gasteiger partial charge is 0.308 e. The van der Waals surface area contributed by atoms with Crippen LogP contribution in [0.5, 0.6) is 0 Å². The average molecular weight is 920 g/mol. The lowest BCUT2D eigenvalue weighted by Crippen LogP contribution is -2.20. The molecule has 336 valence electrons. The second kappa shape index (κ2) is 20.9. The van der Waals surface area contributed by atoms with Crippen LogP contribution in [0, 0.1) is 0 Å². The van der Waals surface area contributed by atoms with Gasteiger partial charge in [0.2, 0.25) is 0 Å². The maximum Gasteiger partial charge on any atom is 0.324 e. The van der Waals surface area contributed by atoms with Gasteiger partial charge >= 0.3 is 18.1 Å². The fraction of sp³-hybridized carbons (Fsp3) is 0.333. The highest BCUT2D eigenvalue weighted by Crippen LogP contribution is 2.26. The fourth-order valence-electron chi connectivity index (χ4n) is 5.29. The number of amides is 6. The summed E-state index contributed by atoms with van der Waals surface area (Å²) < 4.78 is 4.96. The van der Waals surface area contributed by atoms with Gasteiger partial charge in [-0.3, -0.25) is 30.0 Å². The van der Waals surface area contributed by atoms with Crippen LogP contribution >= 0.6 is 34.8 Å². The van der Waals surface area contributed by atoms with E-state index < -0.39 is 0 Å². The maximum absolute atomic E-state index is 12.0. The van der Waals surface area contributed by atoms with Crippen molar-refractivity contribution in [3.63, 3.8) is 0 Å². The number of hydrogen-bond acceptors (Lipinski definition) is 6. The van der Waals surface area contributed by atoms with Gasteiger partial charge in [0, 0.05) is 87.7 Å². The number of hydrogen-bond donors (Lipinski definition) is 6. The van der Waals surface area contributed by atoms with Gasteiger partial charge in [-0.25, -0.2) is 14.4 Å². The Kier molecular flexibility index (Phi) is 16.5. The maximum atomic E-state index is 12.0. The quantitative estimate of drug-likeness (QED) is 0.0968. The number of benzene rings is 3. The molecule has 0 unspecified atom stereocenters. The zero-order valence-corrected chi connectivity index (χ0v) is 40.0. The van der Waals surface area contributed by atoms with Gasteiger partial charge < -0.3 is 16.0 Å². The van der Waals surface area contributed by atoms with Crippen molar-refractivity contribution in [2.75, 3.05) is 31.9 Å². The van der Waals surface area contributed by atoms with Crippen molar-refractivity contribution in [2.24, 2.45) is 21.1 Å². The summed E-state index contributed by atoms with van der Waals surface area (Å²) in [4.78, 5) is 35.9. The zero-order chi connectivity index (χ0) is 46.9. The average Bonchev–Trinajstić information content (AvgIpc) is 3.87. The molecular formula is C45H57Cl3N12O3. The molecule has 6 aromatic rings. The van der Waals surface area contributed by atoms with Gasteiger partial charge in [0.05, 0.1) is 17.1 Å². The van der Waals surface area contributed by atoms with Crippen LogP contribution in [-0.4, -0.2) is 47.4 Å². The van der Waals surface area contributed by atoms with E-state index in [1.54, 1.807) is 108 Å². The van der Waals surface area contributed by atoms with Crippen molar-refractivity contribution >= 4 is 87.4 Å². The molecule has 0 saturated heterocycles. The summed E-state index contributed by atoms with van der Waals surface area (Å²) >= 11 is 17.4. The molecule has 0 radical (unpaired) electrons. The summed E-state index contributed by atoms with van der Waals surface area (Å²) in [6.45, 7) is 18.7. The van der Waals surface area contributed by atoms with Gasteiger partial charge in [0.1, 0.15) is 17.5 Å². The third kappa shape index (κ3) is 15.7. The molecular weight excluding hydrogens is 863 g/mol. The second-order valence-electron chi connectivity index (χ2n) is 17.6. The van der Waals surface area contributed by atoms with Crippen molar-refractivity contribution in [1.82, 2.24) is 29.3 Å². The Labute approximate surface area is 384 Å². The van der Waals surface area contributed by atoms with Crippen molar-refractivity contribution in [1.29, 1.82) is 0 Å². The first-order valence-electron chi connectivity index (χ1n) is 19.9. The molecule has 0 saturated carbocycles. The Balaban J connectivity index is 0.000000207. The van der Waals surface area contributed by atoms with Gasteiger partial charge in [-0.2, -0.15) is 15.3 Å². The van der Waals surface area contributed by atoms with E-state index in [9.17, 15) is 14.4 Å². The lowest BCUT2D eigenvalue weighted by atomic mass is 9.92. The number of aryl methyl sites for hydroxylation is 3. The van der Waals surface area contributed by atoms with Gasteiger partial charge in [0.25, 0.3) is 0 Å². The third-order valence-corrected chi connectivity index (χ3v) is 9.73. The molecule has 6 amide bonds. The van der Waals surface area contributed by atoms with E-state index in [-0.39, 0.29) is 34.3 Å². The van der Waals surface area contributed by atoms with Gasteiger partial charge in [0.15, 0.2) is 0 Å². The minimum atomic E-state index is -0.319. The lowest BCUT2D eigenvalue weighted by molar-refractivity contribution is 0.261. The minimum absolute atomic E-state index is 0.0651. The Morgan fingerprint density at radius 1 is 0.397 bits per heavy atom. The van der Waals surface area contributed by atoms with Gasteiger partial charge in [-0.1, -0.05) is 97.1 Å². The second-order valence-corrected chi connectivity index (χ2v) is 18.9. The predicted molar refractivity (Wildman–Crippen MR) is 258 cm³/mol. The van der Waals surface area contributed by atoms with E-state index in [0.717, 1.165) is 17.1 Å². The number of anilines is 6. The number of rotatable bonds is 6. The minimum Gasteiger partial charge on any atom is -0.308 e. The monoisotopic (exact) mass is 918 g/mol. The molecule has 18 heteroatoms. The molecule has 0 bridgehead atoms. The molecule has 63 heavy (non-hydrogen) atoms. The van der Waals surface area contributed by atoms with Crippen molar-refractivity contribution in [3.05, 3.63) is 123 Å². The molecule has 0 aliphatic heterocycles. The summed E-state index contributed by atoms with van der Waals surface area (Å²) in [5, 5.41) is 31.7. The number of aromatic nitrogens is 6. The highest BCUT2D eigenvalue weighted by Gasteiger charge is 2.22. The predicted octanol–water partition coefficient (Wildman–Crippen LogP) is 12.0. The van der Waals surface area contributed by atoms with Crippen molar-refractivity contribution in [2.45, 2.75) is 78.6 Å². The van der Waals surface area contributed by atoms with Crippen LogP contribution < -0.4 is 31.9 Å².